The highest BCUT2D eigenvalue weighted by Crippen LogP contribution is 2.51. The lowest BCUT2D eigenvalue weighted by Crippen LogP contribution is -2.43. The summed E-state index contributed by atoms with van der Waals surface area (Å²) in [5, 5.41) is 14.9. The summed E-state index contributed by atoms with van der Waals surface area (Å²) in [6, 6.07) is 3.68. The zero-order chi connectivity index (χ0) is 25.6. The summed E-state index contributed by atoms with van der Waals surface area (Å²) in [5.74, 6) is 1.27. The Bertz CT molecular complexity index is 1450. The molecular weight excluding hydrogens is 471 g/mol. The first-order valence-corrected chi connectivity index (χ1v) is 12.9. The summed E-state index contributed by atoms with van der Waals surface area (Å²) in [6.45, 7) is 3.67. The first kappa shape index (κ1) is 23.7. The molecule has 0 radical (unpaired) electrons. The molecular formula is C27H31FN8O. The average Bonchev–Trinajstić information content (AvgIpc) is 3.44. The van der Waals surface area contributed by atoms with E-state index >= 15 is 0 Å². The number of aromatic nitrogens is 6. The summed E-state index contributed by atoms with van der Waals surface area (Å²) in [5.41, 5.74) is 3.02. The average molecular weight is 503 g/mol. The lowest BCUT2D eigenvalue weighted by Gasteiger charge is -2.45. The molecule has 0 unspecified atom stereocenters. The van der Waals surface area contributed by atoms with Crippen LogP contribution in [0.3, 0.4) is 0 Å². The van der Waals surface area contributed by atoms with Crippen LogP contribution in [0.5, 0.6) is 0 Å². The van der Waals surface area contributed by atoms with E-state index in [0.717, 1.165) is 36.3 Å². The molecule has 0 atom stereocenters. The second kappa shape index (κ2) is 9.33. The molecule has 1 amide bonds. The number of aromatic amines is 1. The van der Waals surface area contributed by atoms with Crippen molar-refractivity contribution in [2.45, 2.75) is 51.0 Å². The van der Waals surface area contributed by atoms with Crippen LogP contribution in [0, 0.1) is 17.7 Å². The SMILES string of the molecule is CC1CC(c2cncc(NC(=O)c3cc(CNCC4CCC4)c4[nH]cc(F)c4n3)c2)(c2nncn2C)C1. The first-order valence-electron chi connectivity index (χ1n) is 12.9. The molecule has 6 rings (SSSR count). The van der Waals surface area contributed by atoms with Crippen molar-refractivity contribution in [1.29, 1.82) is 0 Å². The second-order valence-electron chi connectivity index (χ2n) is 10.7. The summed E-state index contributed by atoms with van der Waals surface area (Å²) in [7, 11) is 1.94. The van der Waals surface area contributed by atoms with E-state index in [4.69, 9.17) is 0 Å². The minimum Gasteiger partial charge on any atom is -0.357 e. The minimum absolute atomic E-state index is 0.164. The number of halogens is 1. The van der Waals surface area contributed by atoms with E-state index in [1.54, 1.807) is 18.6 Å². The minimum atomic E-state index is -0.474. The molecule has 0 spiro atoms. The van der Waals surface area contributed by atoms with Gasteiger partial charge in [0.15, 0.2) is 5.82 Å². The molecule has 10 heteroatoms. The molecule has 4 aromatic rings. The van der Waals surface area contributed by atoms with Gasteiger partial charge in [0.05, 0.1) is 22.8 Å². The topological polar surface area (TPSA) is 113 Å². The molecule has 192 valence electrons. The van der Waals surface area contributed by atoms with E-state index in [9.17, 15) is 9.18 Å². The summed E-state index contributed by atoms with van der Waals surface area (Å²) in [6.07, 6.45) is 12.1. The van der Waals surface area contributed by atoms with Gasteiger partial charge in [-0.1, -0.05) is 13.3 Å². The quantitative estimate of drug-likeness (QED) is 0.335. The third-order valence-corrected chi connectivity index (χ3v) is 7.96. The van der Waals surface area contributed by atoms with Gasteiger partial charge in [0, 0.05) is 26.0 Å². The Morgan fingerprint density at radius 3 is 2.81 bits per heavy atom. The third-order valence-electron chi connectivity index (χ3n) is 7.96. The van der Waals surface area contributed by atoms with Crippen molar-refractivity contribution in [3.05, 3.63) is 65.5 Å². The van der Waals surface area contributed by atoms with Crippen molar-refractivity contribution in [1.82, 2.24) is 35.0 Å². The van der Waals surface area contributed by atoms with Crippen molar-refractivity contribution < 1.29 is 9.18 Å². The number of carbonyl (C=O) groups is 1. The highest BCUT2D eigenvalue weighted by atomic mass is 19.1. The molecule has 37 heavy (non-hydrogen) atoms. The number of hydrogen-bond donors (Lipinski definition) is 3. The number of H-pyrrole nitrogens is 1. The van der Waals surface area contributed by atoms with Crippen LogP contribution < -0.4 is 10.6 Å². The summed E-state index contributed by atoms with van der Waals surface area (Å²) >= 11 is 0. The fraction of sp³-hybridized carbons (Fsp3) is 0.444. The number of hydrogen-bond acceptors (Lipinski definition) is 6. The monoisotopic (exact) mass is 502 g/mol. The standard InChI is InChI=1S/C27H31FN8O/c1-16-8-27(9-16,26-35-32-15-36(26)2)19-7-20(13-30-12-19)33-25(37)22-6-18(11-29-10-17-4-3-5-17)23-24(34-22)21(28)14-31-23/h6-7,12-17,29,31H,3-5,8-11H2,1-2H3,(H,33,37). The lowest BCUT2D eigenvalue weighted by molar-refractivity contribution is 0.102. The smallest absolute Gasteiger partial charge is 0.274 e. The van der Waals surface area contributed by atoms with Crippen LogP contribution in [0.15, 0.2) is 37.1 Å². The molecule has 2 aliphatic carbocycles. The summed E-state index contributed by atoms with van der Waals surface area (Å²) < 4.78 is 16.4. The lowest BCUT2D eigenvalue weighted by atomic mass is 9.59. The Hall–Kier alpha value is -3.66. The fourth-order valence-corrected chi connectivity index (χ4v) is 5.86. The van der Waals surface area contributed by atoms with Crippen molar-refractivity contribution in [2.75, 3.05) is 11.9 Å². The highest BCUT2D eigenvalue weighted by Gasteiger charge is 2.48. The Balaban J connectivity index is 1.25. The maximum atomic E-state index is 14.5. The Kier molecular flexibility index (Phi) is 5.98. The van der Waals surface area contributed by atoms with Gasteiger partial charge in [-0.25, -0.2) is 9.37 Å². The van der Waals surface area contributed by atoms with Crippen molar-refractivity contribution >= 4 is 22.6 Å². The molecule has 4 heterocycles. The van der Waals surface area contributed by atoms with Gasteiger partial charge in [0.1, 0.15) is 23.4 Å². The van der Waals surface area contributed by atoms with Gasteiger partial charge in [-0.3, -0.25) is 9.78 Å². The van der Waals surface area contributed by atoms with E-state index in [0.29, 0.717) is 29.6 Å². The maximum Gasteiger partial charge on any atom is 0.274 e. The number of anilines is 1. The van der Waals surface area contributed by atoms with Crippen molar-refractivity contribution in [3.8, 4) is 0 Å². The van der Waals surface area contributed by atoms with Crippen LogP contribution >= 0.6 is 0 Å². The van der Waals surface area contributed by atoms with Crippen LogP contribution in [-0.4, -0.2) is 42.2 Å². The van der Waals surface area contributed by atoms with Gasteiger partial charge in [-0.15, -0.1) is 10.2 Å². The molecule has 0 bridgehead atoms. The van der Waals surface area contributed by atoms with Gasteiger partial charge in [-0.2, -0.15) is 0 Å². The van der Waals surface area contributed by atoms with Gasteiger partial charge >= 0.3 is 0 Å². The predicted molar refractivity (Wildman–Crippen MR) is 137 cm³/mol. The number of pyridine rings is 2. The molecule has 0 aromatic carbocycles. The normalized spacial score (nSPS) is 21.5. The molecule has 3 N–H and O–H groups in total. The zero-order valence-corrected chi connectivity index (χ0v) is 21.1. The number of nitrogens with zero attached hydrogens (tertiary/aromatic N) is 5. The van der Waals surface area contributed by atoms with Crippen LogP contribution in [0.2, 0.25) is 0 Å². The number of fused-ring (bicyclic) bond motifs is 1. The van der Waals surface area contributed by atoms with Crippen molar-refractivity contribution in [2.24, 2.45) is 18.9 Å². The highest BCUT2D eigenvalue weighted by molar-refractivity contribution is 6.04. The Morgan fingerprint density at radius 1 is 1.27 bits per heavy atom. The van der Waals surface area contributed by atoms with Crippen molar-refractivity contribution in [3.63, 3.8) is 0 Å². The fourth-order valence-electron chi connectivity index (χ4n) is 5.86. The Labute approximate surface area is 214 Å². The largest absolute Gasteiger partial charge is 0.357 e. The van der Waals surface area contributed by atoms with Crippen LogP contribution in [0.1, 0.15) is 66.5 Å². The van der Waals surface area contributed by atoms with E-state index in [-0.39, 0.29) is 16.6 Å². The van der Waals surface area contributed by atoms with Crippen LogP contribution in [0.25, 0.3) is 11.0 Å². The number of rotatable bonds is 8. The number of amides is 1. The zero-order valence-electron chi connectivity index (χ0n) is 21.1. The van der Waals surface area contributed by atoms with Gasteiger partial charge < -0.3 is 20.2 Å². The van der Waals surface area contributed by atoms with E-state index in [1.807, 2.05) is 23.9 Å². The van der Waals surface area contributed by atoms with Crippen LogP contribution in [-0.2, 0) is 19.0 Å². The molecule has 0 aliphatic heterocycles. The maximum absolute atomic E-state index is 14.5. The second-order valence-corrected chi connectivity index (χ2v) is 10.7. The van der Waals surface area contributed by atoms with Crippen LogP contribution in [0.4, 0.5) is 10.1 Å². The van der Waals surface area contributed by atoms with Gasteiger partial charge in [0.2, 0.25) is 0 Å². The van der Waals surface area contributed by atoms with E-state index in [1.165, 1.54) is 25.5 Å². The molecule has 2 aliphatic rings. The Morgan fingerprint density at radius 2 is 2.11 bits per heavy atom. The van der Waals surface area contributed by atoms with Gasteiger partial charge in [0.25, 0.3) is 5.91 Å². The molecule has 2 saturated carbocycles. The number of carbonyl (C=O) groups excluding carboxylic acids is 1. The first-order chi connectivity index (χ1) is 17.9. The van der Waals surface area contributed by atoms with Gasteiger partial charge in [-0.05, 0) is 67.3 Å². The molecule has 4 aromatic heterocycles. The summed E-state index contributed by atoms with van der Waals surface area (Å²) in [4.78, 5) is 25.0. The number of aryl methyl sites for hydroxylation is 1. The molecule has 2 fully saturated rings. The predicted octanol–water partition coefficient (Wildman–Crippen LogP) is 4.08. The molecule has 0 saturated heterocycles. The molecule has 9 nitrogen and oxygen atoms in total. The third kappa shape index (κ3) is 4.29. The van der Waals surface area contributed by atoms with E-state index < -0.39 is 11.7 Å². The van der Waals surface area contributed by atoms with E-state index in [2.05, 4.69) is 42.7 Å². The number of nitrogens with one attached hydrogen (secondary N) is 3.